The first kappa shape index (κ1) is 23.3. The lowest BCUT2D eigenvalue weighted by atomic mass is 10.1. The summed E-state index contributed by atoms with van der Waals surface area (Å²) in [7, 11) is 0. The van der Waals surface area contributed by atoms with Gasteiger partial charge in [0.25, 0.3) is 0 Å². The van der Waals surface area contributed by atoms with Crippen molar-refractivity contribution < 1.29 is 14.3 Å². The molecular weight excluding hydrogens is 430 g/mol. The molecule has 0 spiro atoms. The number of hydrogen-bond donors (Lipinski definition) is 3. The summed E-state index contributed by atoms with van der Waals surface area (Å²) < 4.78 is 5.82. The lowest BCUT2D eigenvalue weighted by Gasteiger charge is -2.21. The molecule has 8 nitrogen and oxygen atoms in total. The highest BCUT2D eigenvalue weighted by Gasteiger charge is 2.25. The van der Waals surface area contributed by atoms with Crippen molar-refractivity contribution in [3.05, 3.63) is 58.4 Å². The van der Waals surface area contributed by atoms with Crippen LogP contribution >= 0.6 is 11.6 Å². The number of nitriles is 1. The number of aliphatic hydroxyl groups is 1. The summed E-state index contributed by atoms with van der Waals surface area (Å²) in [5.41, 5.74) is 3.06. The normalized spacial score (nSPS) is 12.6. The average Bonchev–Trinajstić information content (AvgIpc) is 3.25. The van der Waals surface area contributed by atoms with E-state index >= 15 is 0 Å². The van der Waals surface area contributed by atoms with Crippen molar-refractivity contribution in [2.45, 2.75) is 45.8 Å². The Bertz CT molecular complexity index is 1140. The van der Waals surface area contributed by atoms with Crippen molar-refractivity contribution in [2.24, 2.45) is 0 Å². The van der Waals surface area contributed by atoms with Crippen LogP contribution in [0, 0.1) is 18.3 Å². The maximum absolute atomic E-state index is 11.7. The van der Waals surface area contributed by atoms with E-state index in [2.05, 4.69) is 20.8 Å². The molecule has 0 unspecified atom stereocenters. The van der Waals surface area contributed by atoms with Crippen LogP contribution in [0.4, 0.5) is 11.4 Å². The number of hydrogen-bond acceptors (Lipinski definition) is 7. The van der Waals surface area contributed by atoms with Gasteiger partial charge in [-0.25, -0.2) is 0 Å². The molecule has 0 fully saturated rings. The largest absolute Gasteiger partial charge is 0.418 e. The molecule has 0 aliphatic heterocycles. The maximum atomic E-state index is 11.7. The molecule has 0 aliphatic carbocycles. The number of carbonyl (C=O) groups is 1. The highest BCUT2D eigenvalue weighted by molar-refractivity contribution is 6.32. The van der Waals surface area contributed by atoms with Crippen molar-refractivity contribution in [1.29, 1.82) is 5.26 Å². The van der Waals surface area contributed by atoms with E-state index in [9.17, 15) is 9.90 Å². The number of amides is 1. The van der Waals surface area contributed by atoms with Gasteiger partial charge in [-0.05, 0) is 62.2 Å². The minimum Gasteiger partial charge on any atom is -0.418 e. The van der Waals surface area contributed by atoms with Crippen molar-refractivity contribution >= 4 is 28.9 Å². The van der Waals surface area contributed by atoms with Crippen molar-refractivity contribution in [1.82, 2.24) is 10.2 Å². The molecule has 2 aromatic carbocycles. The first-order valence-electron chi connectivity index (χ1n) is 10.2. The van der Waals surface area contributed by atoms with Gasteiger partial charge in [0, 0.05) is 23.4 Å². The Morgan fingerprint density at radius 3 is 2.59 bits per heavy atom. The van der Waals surface area contributed by atoms with Crippen LogP contribution in [-0.4, -0.2) is 27.3 Å². The minimum absolute atomic E-state index is 0.0376. The van der Waals surface area contributed by atoms with Crippen LogP contribution in [-0.2, 0) is 4.79 Å². The van der Waals surface area contributed by atoms with E-state index in [4.69, 9.17) is 21.3 Å². The average molecular weight is 454 g/mol. The maximum Gasteiger partial charge on any atom is 0.247 e. The first-order valence-corrected chi connectivity index (χ1v) is 10.6. The van der Waals surface area contributed by atoms with E-state index in [0.717, 1.165) is 6.42 Å². The highest BCUT2D eigenvalue weighted by atomic mass is 35.5. The highest BCUT2D eigenvalue weighted by Crippen LogP contribution is 2.31. The number of nitrogens with one attached hydrogen (secondary N) is 2. The number of aliphatic hydroxyl groups excluding tert-OH is 1. The molecule has 9 heteroatoms. The Morgan fingerprint density at radius 2 is 1.97 bits per heavy atom. The van der Waals surface area contributed by atoms with Crippen LogP contribution < -0.4 is 10.6 Å². The fraction of sp³-hybridized carbons (Fsp3) is 0.304. The van der Waals surface area contributed by atoms with E-state index in [-0.39, 0.29) is 17.7 Å². The third-order valence-electron chi connectivity index (χ3n) is 4.90. The number of nitrogens with zero attached hydrogens (tertiary/aromatic N) is 3. The van der Waals surface area contributed by atoms with Gasteiger partial charge in [0.15, 0.2) is 0 Å². The van der Waals surface area contributed by atoms with Gasteiger partial charge < -0.3 is 20.2 Å². The van der Waals surface area contributed by atoms with E-state index in [1.54, 1.807) is 50.2 Å². The molecule has 32 heavy (non-hydrogen) atoms. The lowest BCUT2D eigenvalue weighted by molar-refractivity contribution is -0.116. The van der Waals surface area contributed by atoms with Gasteiger partial charge in [0.1, 0.15) is 12.1 Å². The summed E-state index contributed by atoms with van der Waals surface area (Å²) in [6.45, 7) is 5.34. The molecule has 1 aromatic heterocycles. The number of carbonyl (C=O) groups excluding carboxylic acids is 1. The minimum atomic E-state index is -0.853. The molecular formula is C23H24ClN5O3. The van der Waals surface area contributed by atoms with Gasteiger partial charge in [0.05, 0.1) is 16.7 Å². The van der Waals surface area contributed by atoms with Crippen LogP contribution in [0.5, 0.6) is 0 Å². The van der Waals surface area contributed by atoms with Gasteiger partial charge in [0.2, 0.25) is 17.7 Å². The van der Waals surface area contributed by atoms with Gasteiger partial charge >= 0.3 is 0 Å². The standard InChI is InChI=1S/C23H24ClN5O3/c1-4-5-19(31)26-17-9-6-15(7-10-17)22-28-29-23(32-22)21(14(3)30)27-18-11-8-16(12-25)20(24)13(18)2/h6-11,14,21,27,30H,4-5H2,1-3H3,(H,26,31)/t14-,21-/m1/s1. The molecule has 3 rings (SSSR count). The molecule has 2 atom stereocenters. The van der Waals surface area contributed by atoms with Crippen LogP contribution in [0.15, 0.2) is 40.8 Å². The lowest BCUT2D eigenvalue weighted by Crippen LogP contribution is -2.23. The zero-order valence-electron chi connectivity index (χ0n) is 18.0. The summed E-state index contributed by atoms with van der Waals surface area (Å²) in [5.74, 6) is 0.452. The fourth-order valence-electron chi connectivity index (χ4n) is 3.11. The first-order chi connectivity index (χ1) is 15.3. The Labute approximate surface area is 191 Å². The number of rotatable bonds is 8. The molecule has 0 bridgehead atoms. The predicted octanol–water partition coefficient (Wildman–Crippen LogP) is 4.84. The molecule has 166 valence electrons. The van der Waals surface area contributed by atoms with Crippen molar-refractivity contribution in [2.75, 3.05) is 10.6 Å². The SMILES string of the molecule is CCCC(=O)Nc1ccc(-c2nnc([C@H](Nc3ccc(C#N)c(Cl)c3C)[C@@H](C)O)o2)cc1. The second-order valence-corrected chi connectivity index (χ2v) is 7.77. The van der Waals surface area contributed by atoms with Crippen molar-refractivity contribution in [3.63, 3.8) is 0 Å². The molecule has 0 radical (unpaired) electrons. The second kappa shape index (κ2) is 10.3. The second-order valence-electron chi connectivity index (χ2n) is 7.40. The van der Waals surface area contributed by atoms with Crippen LogP contribution in [0.1, 0.15) is 49.7 Å². The van der Waals surface area contributed by atoms with Crippen LogP contribution in [0.3, 0.4) is 0 Å². The molecule has 1 amide bonds. The van der Waals surface area contributed by atoms with Crippen LogP contribution in [0.2, 0.25) is 5.02 Å². The van der Waals surface area contributed by atoms with E-state index < -0.39 is 12.1 Å². The third kappa shape index (κ3) is 5.25. The summed E-state index contributed by atoms with van der Waals surface area (Å²) in [5, 5.41) is 34.0. The molecule has 0 aliphatic rings. The summed E-state index contributed by atoms with van der Waals surface area (Å²) >= 11 is 6.25. The smallest absolute Gasteiger partial charge is 0.247 e. The Hall–Kier alpha value is -3.41. The Morgan fingerprint density at radius 1 is 1.25 bits per heavy atom. The zero-order chi connectivity index (χ0) is 23.3. The van der Waals surface area contributed by atoms with E-state index in [1.807, 2.05) is 13.0 Å². The predicted molar refractivity (Wildman–Crippen MR) is 122 cm³/mol. The Balaban J connectivity index is 1.80. The number of benzene rings is 2. The van der Waals surface area contributed by atoms with Gasteiger partial charge in [-0.2, -0.15) is 5.26 Å². The van der Waals surface area contributed by atoms with Crippen LogP contribution in [0.25, 0.3) is 11.5 Å². The van der Waals surface area contributed by atoms with Gasteiger partial charge in [-0.1, -0.05) is 18.5 Å². The van der Waals surface area contributed by atoms with E-state index in [1.165, 1.54) is 0 Å². The summed E-state index contributed by atoms with van der Waals surface area (Å²) in [6, 6.07) is 11.8. The Kier molecular flexibility index (Phi) is 7.46. The van der Waals surface area contributed by atoms with E-state index in [0.29, 0.717) is 39.5 Å². The zero-order valence-corrected chi connectivity index (χ0v) is 18.8. The van der Waals surface area contributed by atoms with Crippen molar-refractivity contribution in [3.8, 4) is 17.5 Å². The van der Waals surface area contributed by atoms with Gasteiger partial charge in [-0.15, -0.1) is 10.2 Å². The molecule has 3 aromatic rings. The molecule has 1 heterocycles. The van der Waals surface area contributed by atoms with Gasteiger partial charge in [-0.3, -0.25) is 4.79 Å². The fourth-order valence-corrected chi connectivity index (χ4v) is 3.31. The number of anilines is 2. The quantitative estimate of drug-likeness (QED) is 0.445. The topological polar surface area (TPSA) is 124 Å². The number of aromatic nitrogens is 2. The monoisotopic (exact) mass is 453 g/mol. The summed E-state index contributed by atoms with van der Waals surface area (Å²) in [6.07, 6.45) is 0.390. The third-order valence-corrected chi connectivity index (χ3v) is 5.39. The molecule has 0 saturated carbocycles. The molecule has 3 N–H and O–H groups in total. The summed E-state index contributed by atoms with van der Waals surface area (Å²) in [4.78, 5) is 11.7. The number of halogens is 1. The molecule has 0 saturated heterocycles.